The van der Waals surface area contributed by atoms with Crippen molar-refractivity contribution in [1.82, 2.24) is 0 Å². The molecular formula is C16H26O3. The van der Waals surface area contributed by atoms with Crippen LogP contribution in [0.15, 0.2) is 6.07 Å². The second kappa shape index (κ2) is 6.92. The fourth-order valence-electron chi connectivity index (χ4n) is 2.73. The quantitative estimate of drug-likeness (QED) is 0.832. The lowest BCUT2D eigenvalue weighted by atomic mass is 9.86. The summed E-state index contributed by atoms with van der Waals surface area (Å²) in [5.74, 6) is 1.16. The molecular weight excluding hydrogens is 240 g/mol. The molecule has 0 saturated carbocycles. The second-order valence-electron chi connectivity index (χ2n) is 5.26. The van der Waals surface area contributed by atoms with E-state index in [0.29, 0.717) is 13.0 Å². The lowest BCUT2D eigenvalue weighted by molar-refractivity contribution is 0.0834. The molecule has 0 fully saturated rings. The highest BCUT2D eigenvalue weighted by Gasteiger charge is 2.18. The van der Waals surface area contributed by atoms with Crippen molar-refractivity contribution in [2.75, 3.05) is 13.2 Å². The molecule has 0 heterocycles. The maximum absolute atomic E-state index is 9.60. The fraction of sp³-hybridized carbons (Fsp3) is 0.625. The Morgan fingerprint density at radius 1 is 1.21 bits per heavy atom. The van der Waals surface area contributed by atoms with Crippen LogP contribution >= 0.6 is 0 Å². The Morgan fingerprint density at radius 3 is 2.37 bits per heavy atom. The molecule has 2 N–H and O–H groups in total. The van der Waals surface area contributed by atoms with Gasteiger partial charge < -0.3 is 14.9 Å². The average molecular weight is 266 g/mol. The Balaban J connectivity index is 3.11. The van der Waals surface area contributed by atoms with Gasteiger partial charge in [0, 0.05) is 0 Å². The molecule has 0 aromatic heterocycles. The zero-order chi connectivity index (χ0) is 14.6. The Bertz CT molecular complexity index is 426. The molecule has 0 saturated heterocycles. The Morgan fingerprint density at radius 2 is 1.84 bits per heavy atom. The predicted octanol–water partition coefficient (Wildman–Crippen LogP) is 2.86. The highest BCUT2D eigenvalue weighted by atomic mass is 16.5. The zero-order valence-electron chi connectivity index (χ0n) is 12.7. The molecule has 0 radical (unpaired) electrons. The van der Waals surface area contributed by atoms with Crippen LogP contribution in [0.3, 0.4) is 0 Å². The SMILES string of the molecule is CCOc1cc(C)c(C(C)CC(O)CO)c(C)c1C. The van der Waals surface area contributed by atoms with Crippen molar-refractivity contribution in [2.45, 2.75) is 53.1 Å². The van der Waals surface area contributed by atoms with Crippen LogP contribution in [0.1, 0.15) is 48.4 Å². The number of aryl methyl sites for hydroxylation is 1. The minimum absolute atomic E-state index is 0.182. The minimum Gasteiger partial charge on any atom is -0.494 e. The third-order valence-electron chi connectivity index (χ3n) is 3.74. The summed E-state index contributed by atoms with van der Waals surface area (Å²) in [5.41, 5.74) is 4.83. The van der Waals surface area contributed by atoms with Gasteiger partial charge in [-0.25, -0.2) is 0 Å². The van der Waals surface area contributed by atoms with Crippen LogP contribution in [-0.2, 0) is 0 Å². The summed E-state index contributed by atoms with van der Waals surface area (Å²) in [7, 11) is 0. The number of benzene rings is 1. The number of hydrogen-bond donors (Lipinski definition) is 2. The third kappa shape index (κ3) is 3.71. The number of hydrogen-bond acceptors (Lipinski definition) is 3. The van der Waals surface area contributed by atoms with Crippen LogP contribution in [0.2, 0.25) is 0 Å². The minimum atomic E-state index is -0.652. The zero-order valence-corrected chi connectivity index (χ0v) is 12.7. The molecule has 0 aliphatic rings. The van der Waals surface area contributed by atoms with Gasteiger partial charge in [-0.1, -0.05) is 6.92 Å². The standard InChI is InChI=1S/C16H26O3/c1-6-19-15-8-11(3)16(13(5)12(15)4)10(2)7-14(18)9-17/h8,10,14,17-18H,6-7,9H2,1-5H3. The summed E-state index contributed by atoms with van der Waals surface area (Å²) in [5, 5.41) is 18.6. The molecule has 3 heteroatoms. The van der Waals surface area contributed by atoms with Crippen molar-refractivity contribution in [3.8, 4) is 5.75 Å². The summed E-state index contributed by atoms with van der Waals surface area (Å²) in [6.07, 6.45) is -0.0772. The normalized spacial score (nSPS) is 14.3. The van der Waals surface area contributed by atoms with E-state index < -0.39 is 6.10 Å². The van der Waals surface area contributed by atoms with Crippen molar-refractivity contribution in [2.24, 2.45) is 0 Å². The first-order valence-corrected chi connectivity index (χ1v) is 6.94. The van der Waals surface area contributed by atoms with Crippen molar-refractivity contribution in [3.05, 3.63) is 28.3 Å². The summed E-state index contributed by atoms with van der Waals surface area (Å²) in [6, 6.07) is 2.07. The lowest BCUT2D eigenvalue weighted by Crippen LogP contribution is -2.16. The van der Waals surface area contributed by atoms with Crippen LogP contribution < -0.4 is 4.74 Å². The van der Waals surface area contributed by atoms with E-state index in [1.165, 1.54) is 16.7 Å². The lowest BCUT2D eigenvalue weighted by Gasteiger charge is -2.23. The van der Waals surface area contributed by atoms with Gasteiger partial charge in [-0.05, 0) is 68.4 Å². The van der Waals surface area contributed by atoms with E-state index in [4.69, 9.17) is 9.84 Å². The van der Waals surface area contributed by atoms with Crippen molar-refractivity contribution in [1.29, 1.82) is 0 Å². The average Bonchev–Trinajstić information content (AvgIpc) is 2.35. The van der Waals surface area contributed by atoms with Crippen LogP contribution in [0, 0.1) is 20.8 Å². The summed E-state index contributed by atoms with van der Waals surface area (Å²) in [6.45, 7) is 10.8. The van der Waals surface area contributed by atoms with E-state index in [9.17, 15) is 5.11 Å². The van der Waals surface area contributed by atoms with Gasteiger partial charge in [-0.15, -0.1) is 0 Å². The molecule has 108 valence electrons. The van der Waals surface area contributed by atoms with Gasteiger partial charge in [0.05, 0.1) is 19.3 Å². The van der Waals surface area contributed by atoms with E-state index in [-0.39, 0.29) is 12.5 Å². The fourth-order valence-corrected chi connectivity index (χ4v) is 2.73. The number of ether oxygens (including phenoxy) is 1. The van der Waals surface area contributed by atoms with E-state index in [1.807, 2.05) is 6.92 Å². The molecule has 0 aliphatic heterocycles. The first kappa shape index (κ1) is 16.0. The molecule has 1 aromatic rings. The molecule has 2 unspecified atom stereocenters. The summed E-state index contributed by atoms with van der Waals surface area (Å²) in [4.78, 5) is 0. The van der Waals surface area contributed by atoms with E-state index >= 15 is 0 Å². The van der Waals surface area contributed by atoms with E-state index in [0.717, 1.165) is 11.3 Å². The molecule has 0 amide bonds. The molecule has 19 heavy (non-hydrogen) atoms. The van der Waals surface area contributed by atoms with Gasteiger partial charge in [0.25, 0.3) is 0 Å². The van der Waals surface area contributed by atoms with Gasteiger partial charge in [0.15, 0.2) is 0 Å². The largest absolute Gasteiger partial charge is 0.494 e. The Labute approximate surface area is 116 Å². The van der Waals surface area contributed by atoms with Crippen LogP contribution in [0.4, 0.5) is 0 Å². The topological polar surface area (TPSA) is 49.7 Å². The van der Waals surface area contributed by atoms with Crippen LogP contribution in [-0.4, -0.2) is 29.5 Å². The predicted molar refractivity (Wildman–Crippen MR) is 77.9 cm³/mol. The highest BCUT2D eigenvalue weighted by Crippen LogP contribution is 2.34. The van der Waals surface area contributed by atoms with Gasteiger partial charge in [-0.2, -0.15) is 0 Å². The first-order valence-electron chi connectivity index (χ1n) is 6.94. The molecule has 3 nitrogen and oxygen atoms in total. The smallest absolute Gasteiger partial charge is 0.122 e. The van der Waals surface area contributed by atoms with Crippen molar-refractivity contribution in [3.63, 3.8) is 0 Å². The molecule has 0 bridgehead atoms. The number of rotatable bonds is 6. The molecule has 1 rings (SSSR count). The summed E-state index contributed by atoms with van der Waals surface area (Å²) >= 11 is 0. The molecule has 1 aromatic carbocycles. The van der Waals surface area contributed by atoms with Gasteiger partial charge in [-0.3, -0.25) is 0 Å². The number of aliphatic hydroxyl groups excluding tert-OH is 2. The van der Waals surface area contributed by atoms with E-state index in [2.05, 4.69) is 33.8 Å². The maximum Gasteiger partial charge on any atom is 0.122 e. The maximum atomic E-state index is 9.60. The Kier molecular flexibility index (Phi) is 5.83. The van der Waals surface area contributed by atoms with Gasteiger partial charge in [0.1, 0.15) is 5.75 Å². The van der Waals surface area contributed by atoms with Crippen molar-refractivity contribution >= 4 is 0 Å². The van der Waals surface area contributed by atoms with Crippen LogP contribution in [0.25, 0.3) is 0 Å². The van der Waals surface area contributed by atoms with Crippen LogP contribution in [0.5, 0.6) is 5.75 Å². The Hall–Kier alpha value is -1.06. The highest BCUT2D eigenvalue weighted by molar-refractivity contribution is 5.49. The molecule has 0 spiro atoms. The second-order valence-corrected chi connectivity index (χ2v) is 5.26. The molecule has 0 aliphatic carbocycles. The summed E-state index contributed by atoms with van der Waals surface area (Å²) < 4.78 is 5.65. The number of aliphatic hydroxyl groups is 2. The molecule has 2 atom stereocenters. The monoisotopic (exact) mass is 266 g/mol. The first-order chi connectivity index (χ1) is 8.92. The van der Waals surface area contributed by atoms with Gasteiger partial charge >= 0.3 is 0 Å². The van der Waals surface area contributed by atoms with Crippen molar-refractivity contribution < 1.29 is 14.9 Å². The van der Waals surface area contributed by atoms with Gasteiger partial charge in [0.2, 0.25) is 0 Å². The van der Waals surface area contributed by atoms with E-state index in [1.54, 1.807) is 0 Å². The third-order valence-corrected chi connectivity index (χ3v) is 3.74.